The average molecular weight is 238 g/mol. The topological polar surface area (TPSA) is 75.8 Å². The number of ether oxygens (including phenoxy) is 1. The molecule has 0 heterocycles. The highest BCUT2D eigenvalue weighted by molar-refractivity contribution is 5.96. The van der Waals surface area contributed by atoms with Crippen LogP contribution in [0.25, 0.3) is 0 Å². The smallest absolute Gasteiger partial charge is 0.340 e. The van der Waals surface area contributed by atoms with E-state index in [9.17, 15) is 9.90 Å². The minimum atomic E-state index is -0.463. The first kappa shape index (κ1) is 13.3. The zero-order valence-electron chi connectivity index (χ0n) is 10.3. The van der Waals surface area contributed by atoms with Crippen molar-refractivity contribution in [3.63, 3.8) is 0 Å². The first-order chi connectivity index (χ1) is 7.95. The van der Waals surface area contributed by atoms with E-state index in [0.717, 1.165) is 5.69 Å². The Kier molecular flexibility index (Phi) is 4.34. The number of anilines is 2. The van der Waals surface area contributed by atoms with E-state index in [1.165, 1.54) is 7.11 Å². The van der Waals surface area contributed by atoms with Gasteiger partial charge in [-0.1, -0.05) is 0 Å². The van der Waals surface area contributed by atoms with Gasteiger partial charge < -0.3 is 20.5 Å². The molecule has 1 unspecified atom stereocenters. The van der Waals surface area contributed by atoms with Gasteiger partial charge in [-0.05, 0) is 25.1 Å². The summed E-state index contributed by atoms with van der Waals surface area (Å²) in [5.41, 5.74) is 7.22. The second kappa shape index (κ2) is 5.54. The third kappa shape index (κ3) is 3.35. The van der Waals surface area contributed by atoms with Crippen LogP contribution in [0.1, 0.15) is 17.3 Å². The molecule has 0 bridgehead atoms. The molecule has 0 fully saturated rings. The maximum absolute atomic E-state index is 11.5. The Morgan fingerprint density at radius 2 is 2.24 bits per heavy atom. The van der Waals surface area contributed by atoms with Gasteiger partial charge in [0.05, 0.1) is 18.8 Å². The molecular formula is C12H18N2O3. The Morgan fingerprint density at radius 3 is 2.76 bits per heavy atom. The van der Waals surface area contributed by atoms with Crippen molar-refractivity contribution in [3.8, 4) is 0 Å². The number of benzene rings is 1. The van der Waals surface area contributed by atoms with Gasteiger partial charge >= 0.3 is 5.97 Å². The second-order valence-electron chi connectivity index (χ2n) is 3.99. The first-order valence-corrected chi connectivity index (χ1v) is 5.32. The van der Waals surface area contributed by atoms with Crippen LogP contribution in [0.4, 0.5) is 11.4 Å². The molecule has 0 aliphatic heterocycles. The number of rotatable bonds is 4. The van der Waals surface area contributed by atoms with Crippen molar-refractivity contribution in [2.75, 3.05) is 31.3 Å². The lowest BCUT2D eigenvalue weighted by Crippen LogP contribution is -2.27. The Bertz CT molecular complexity index is 405. The Morgan fingerprint density at radius 1 is 1.59 bits per heavy atom. The number of likely N-dealkylation sites (N-methyl/N-ethyl adjacent to an activating group) is 1. The summed E-state index contributed by atoms with van der Waals surface area (Å²) >= 11 is 0. The number of hydrogen-bond acceptors (Lipinski definition) is 5. The maximum atomic E-state index is 11.5. The molecule has 0 radical (unpaired) electrons. The number of carbonyl (C=O) groups is 1. The summed E-state index contributed by atoms with van der Waals surface area (Å²) in [4.78, 5) is 13.3. The van der Waals surface area contributed by atoms with Crippen LogP contribution >= 0.6 is 0 Å². The van der Waals surface area contributed by atoms with Crippen molar-refractivity contribution in [3.05, 3.63) is 23.8 Å². The number of esters is 1. The summed E-state index contributed by atoms with van der Waals surface area (Å²) in [5.74, 6) is -0.463. The van der Waals surface area contributed by atoms with Crippen LogP contribution < -0.4 is 10.6 Å². The van der Waals surface area contributed by atoms with Crippen molar-refractivity contribution in [2.45, 2.75) is 13.0 Å². The van der Waals surface area contributed by atoms with Crippen LogP contribution in [-0.4, -0.2) is 37.9 Å². The Hall–Kier alpha value is -1.75. The van der Waals surface area contributed by atoms with Gasteiger partial charge in [0.1, 0.15) is 0 Å². The van der Waals surface area contributed by atoms with Gasteiger partial charge in [0.2, 0.25) is 0 Å². The average Bonchev–Trinajstić information content (AvgIpc) is 2.27. The van der Waals surface area contributed by atoms with Crippen LogP contribution in [0, 0.1) is 0 Å². The van der Waals surface area contributed by atoms with Crippen LogP contribution in [0.5, 0.6) is 0 Å². The van der Waals surface area contributed by atoms with Gasteiger partial charge in [0, 0.05) is 25.0 Å². The van der Waals surface area contributed by atoms with Gasteiger partial charge in [0.25, 0.3) is 0 Å². The van der Waals surface area contributed by atoms with E-state index in [1.54, 1.807) is 25.1 Å². The third-order valence-corrected chi connectivity index (χ3v) is 2.42. The fraction of sp³-hybridized carbons (Fsp3) is 0.417. The van der Waals surface area contributed by atoms with Crippen molar-refractivity contribution < 1.29 is 14.6 Å². The van der Waals surface area contributed by atoms with E-state index < -0.39 is 12.1 Å². The van der Waals surface area contributed by atoms with Gasteiger partial charge in [-0.3, -0.25) is 0 Å². The highest BCUT2D eigenvalue weighted by Gasteiger charge is 2.12. The van der Waals surface area contributed by atoms with Crippen LogP contribution in [-0.2, 0) is 4.74 Å². The van der Waals surface area contributed by atoms with E-state index in [2.05, 4.69) is 4.74 Å². The van der Waals surface area contributed by atoms with Crippen LogP contribution in [0.2, 0.25) is 0 Å². The summed E-state index contributed by atoms with van der Waals surface area (Å²) in [6.45, 7) is 2.18. The molecule has 5 nitrogen and oxygen atoms in total. The number of nitrogens with zero attached hydrogens (tertiary/aromatic N) is 1. The number of aliphatic hydroxyl groups excluding tert-OH is 1. The van der Waals surface area contributed by atoms with Crippen LogP contribution in [0.15, 0.2) is 18.2 Å². The molecule has 0 aliphatic rings. The lowest BCUT2D eigenvalue weighted by atomic mass is 10.1. The molecule has 1 atom stereocenters. The Labute approximate surface area is 101 Å². The monoisotopic (exact) mass is 238 g/mol. The quantitative estimate of drug-likeness (QED) is 0.601. The summed E-state index contributed by atoms with van der Waals surface area (Å²) in [6.07, 6.45) is -0.445. The molecule has 0 saturated heterocycles. The molecule has 5 heteroatoms. The van der Waals surface area contributed by atoms with Gasteiger partial charge in [-0.2, -0.15) is 0 Å². The summed E-state index contributed by atoms with van der Waals surface area (Å²) in [5, 5.41) is 9.31. The highest BCUT2D eigenvalue weighted by Crippen LogP contribution is 2.21. The lowest BCUT2D eigenvalue weighted by molar-refractivity contribution is 0.0602. The normalized spacial score (nSPS) is 12.0. The minimum Gasteiger partial charge on any atom is -0.465 e. The van der Waals surface area contributed by atoms with Gasteiger partial charge in [-0.25, -0.2) is 4.79 Å². The van der Waals surface area contributed by atoms with Crippen molar-refractivity contribution in [1.29, 1.82) is 0 Å². The number of nitrogen functional groups attached to an aromatic ring is 1. The number of hydrogen-bond donors (Lipinski definition) is 2. The fourth-order valence-corrected chi connectivity index (χ4v) is 1.57. The fourth-order valence-electron chi connectivity index (χ4n) is 1.57. The molecule has 1 aromatic rings. The molecule has 0 aromatic heterocycles. The number of nitrogens with two attached hydrogens (primary N) is 1. The standard InChI is InChI=1S/C12H18N2O3/c1-8(15)7-14(2)9-4-5-11(13)10(6-9)12(16)17-3/h4-6,8,15H,7,13H2,1-3H3. The lowest BCUT2D eigenvalue weighted by Gasteiger charge is -2.21. The molecule has 94 valence electrons. The molecule has 1 aromatic carbocycles. The third-order valence-electron chi connectivity index (χ3n) is 2.42. The van der Waals surface area contributed by atoms with Crippen molar-refractivity contribution in [2.24, 2.45) is 0 Å². The van der Waals surface area contributed by atoms with Crippen LogP contribution in [0.3, 0.4) is 0 Å². The van der Waals surface area contributed by atoms with Gasteiger partial charge in [0.15, 0.2) is 0 Å². The summed E-state index contributed by atoms with van der Waals surface area (Å²) in [6, 6.07) is 5.10. The minimum absolute atomic E-state index is 0.336. The predicted molar refractivity (Wildman–Crippen MR) is 67.1 cm³/mol. The molecule has 0 spiro atoms. The van der Waals surface area contributed by atoms with E-state index in [0.29, 0.717) is 17.8 Å². The number of methoxy groups -OCH3 is 1. The zero-order chi connectivity index (χ0) is 13.0. The van der Waals surface area contributed by atoms with E-state index in [-0.39, 0.29) is 0 Å². The van der Waals surface area contributed by atoms with Crippen molar-refractivity contribution >= 4 is 17.3 Å². The second-order valence-corrected chi connectivity index (χ2v) is 3.99. The molecule has 0 aliphatic carbocycles. The molecule has 17 heavy (non-hydrogen) atoms. The first-order valence-electron chi connectivity index (χ1n) is 5.32. The van der Waals surface area contributed by atoms with E-state index in [1.807, 2.05) is 11.9 Å². The molecular weight excluding hydrogens is 220 g/mol. The van der Waals surface area contributed by atoms with Gasteiger partial charge in [-0.15, -0.1) is 0 Å². The molecule has 0 saturated carbocycles. The highest BCUT2D eigenvalue weighted by atomic mass is 16.5. The number of aliphatic hydroxyl groups is 1. The molecule has 1 rings (SSSR count). The molecule has 3 N–H and O–H groups in total. The van der Waals surface area contributed by atoms with E-state index in [4.69, 9.17) is 5.73 Å². The largest absolute Gasteiger partial charge is 0.465 e. The SMILES string of the molecule is COC(=O)c1cc(N(C)CC(C)O)ccc1N. The van der Waals surface area contributed by atoms with E-state index >= 15 is 0 Å². The molecule has 0 amide bonds. The summed E-state index contributed by atoms with van der Waals surface area (Å²) in [7, 11) is 3.15. The van der Waals surface area contributed by atoms with Crippen molar-refractivity contribution in [1.82, 2.24) is 0 Å². The Balaban J connectivity index is 2.99. The predicted octanol–water partition coefficient (Wildman–Crippen LogP) is 0.872. The number of carbonyl (C=O) groups excluding carboxylic acids is 1. The summed E-state index contributed by atoms with van der Waals surface area (Å²) < 4.78 is 4.65. The zero-order valence-corrected chi connectivity index (χ0v) is 10.3. The maximum Gasteiger partial charge on any atom is 0.340 e.